The number of para-hydroxylation sites is 1. The lowest BCUT2D eigenvalue weighted by molar-refractivity contribution is 0.396. The van der Waals surface area contributed by atoms with E-state index < -0.39 is 0 Å². The lowest BCUT2D eigenvalue weighted by atomic mass is 10.3. The van der Waals surface area contributed by atoms with Crippen molar-refractivity contribution in [3.8, 4) is 0 Å². The second-order valence-corrected chi connectivity index (χ2v) is 7.08. The molecule has 0 aliphatic rings. The molecule has 0 fully saturated rings. The van der Waals surface area contributed by atoms with Gasteiger partial charge in [-0.15, -0.1) is 11.3 Å². The zero-order valence-electron chi connectivity index (χ0n) is 11.6. The van der Waals surface area contributed by atoms with E-state index >= 15 is 0 Å². The van der Waals surface area contributed by atoms with Gasteiger partial charge >= 0.3 is 0 Å². The highest BCUT2D eigenvalue weighted by molar-refractivity contribution is 8.01. The molecule has 0 spiro atoms. The molecule has 0 amide bonds. The Bertz CT molecular complexity index is 463. The molecule has 0 saturated carbocycles. The third kappa shape index (κ3) is 5.10. The molecule has 2 rings (SSSR count). The first-order valence-electron chi connectivity index (χ1n) is 6.59. The van der Waals surface area contributed by atoms with Gasteiger partial charge in [0.25, 0.3) is 0 Å². The van der Waals surface area contributed by atoms with E-state index in [0.717, 1.165) is 30.9 Å². The average molecular weight is 295 g/mol. The van der Waals surface area contributed by atoms with Gasteiger partial charge in [-0.2, -0.15) is 0 Å². The molecule has 0 aliphatic carbocycles. The van der Waals surface area contributed by atoms with Crippen LogP contribution in [0.15, 0.2) is 28.6 Å². The SMILES string of the molecule is CN(C)CCCNCCSc1nc2ccccc2s1. The highest BCUT2D eigenvalue weighted by Crippen LogP contribution is 2.28. The van der Waals surface area contributed by atoms with Crippen LogP contribution < -0.4 is 5.32 Å². The van der Waals surface area contributed by atoms with Crippen LogP contribution >= 0.6 is 23.1 Å². The number of thiazole rings is 1. The lowest BCUT2D eigenvalue weighted by Crippen LogP contribution is -2.22. The lowest BCUT2D eigenvalue weighted by Gasteiger charge is -2.09. The second-order valence-electron chi connectivity index (χ2n) is 4.70. The molecule has 1 N–H and O–H groups in total. The minimum atomic E-state index is 1.05. The summed E-state index contributed by atoms with van der Waals surface area (Å²) in [6.45, 7) is 3.30. The van der Waals surface area contributed by atoms with Crippen molar-refractivity contribution in [2.75, 3.05) is 39.5 Å². The molecule has 104 valence electrons. The normalized spacial score (nSPS) is 11.5. The van der Waals surface area contributed by atoms with Gasteiger partial charge in [-0.1, -0.05) is 23.9 Å². The Morgan fingerprint density at radius 3 is 2.89 bits per heavy atom. The Hall–Kier alpha value is -0.620. The summed E-state index contributed by atoms with van der Waals surface area (Å²) >= 11 is 3.63. The van der Waals surface area contributed by atoms with Gasteiger partial charge in [-0.05, 0) is 45.7 Å². The fraction of sp³-hybridized carbons (Fsp3) is 0.500. The summed E-state index contributed by atoms with van der Waals surface area (Å²) in [7, 11) is 4.23. The van der Waals surface area contributed by atoms with Crippen molar-refractivity contribution in [1.82, 2.24) is 15.2 Å². The highest BCUT2D eigenvalue weighted by Gasteiger charge is 2.02. The maximum absolute atomic E-state index is 4.62. The van der Waals surface area contributed by atoms with Gasteiger partial charge < -0.3 is 10.2 Å². The summed E-state index contributed by atoms with van der Waals surface area (Å²) in [6.07, 6.45) is 1.21. The monoisotopic (exact) mass is 295 g/mol. The van der Waals surface area contributed by atoms with Crippen LogP contribution in [0.25, 0.3) is 10.2 Å². The number of fused-ring (bicyclic) bond motifs is 1. The van der Waals surface area contributed by atoms with Gasteiger partial charge in [0.1, 0.15) is 0 Å². The quantitative estimate of drug-likeness (QED) is 0.599. The predicted molar refractivity (Wildman–Crippen MR) is 86.4 cm³/mol. The number of benzene rings is 1. The Balaban J connectivity index is 1.63. The zero-order chi connectivity index (χ0) is 13.5. The van der Waals surface area contributed by atoms with Crippen LogP contribution in [0.1, 0.15) is 6.42 Å². The number of rotatable bonds is 8. The third-order valence-electron chi connectivity index (χ3n) is 2.74. The molecule has 1 aromatic carbocycles. The van der Waals surface area contributed by atoms with Crippen LogP contribution in [0.2, 0.25) is 0 Å². The van der Waals surface area contributed by atoms with E-state index in [9.17, 15) is 0 Å². The average Bonchev–Trinajstić information content (AvgIpc) is 2.79. The number of aromatic nitrogens is 1. The first-order valence-corrected chi connectivity index (χ1v) is 8.40. The van der Waals surface area contributed by atoms with Crippen molar-refractivity contribution < 1.29 is 0 Å². The summed E-state index contributed by atoms with van der Waals surface area (Å²) in [5.41, 5.74) is 1.12. The third-order valence-corrected chi connectivity index (χ3v) is 4.92. The van der Waals surface area contributed by atoms with E-state index in [-0.39, 0.29) is 0 Å². The summed E-state index contributed by atoms with van der Waals surface area (Å²) in [5.74, 6) is 1.09. The second kappa shape index (κ2) is 7.85. The molecule has 2 aromatic rings. The summed E-state index contributed by atoms with van der Waals surface area (Å²) in [5, 5.41) is 3.47. The van der Waals surface area contributed by atoms with Crippen LogP contribution in [-0.2, 0) is 0 Å². The Labute approximate surface area is 123 Å². The van der Waals surface area contributed by atoms with Gasteiger partial charge in [-0.25, -0.2) is 4.98 Å². The zero-order valence-corrected chi connectivity index (χ0v) is 13.2. The molecular weight excluding hydrogens is 274 g/mol. The molecule has 0 unspecified atom stereocenters. The first kappa shape index (κ1) is 14.8. The van der Waals surface area contributed by atoms with Gasteiger partial charge in [0, 0.05) is 12.3 Å². The summed E-state index contributed by atoms with van der Waals surface area (Å²) in [6, 6.07) is 8.33. The van der Waals surface area contributed by atoms with E-state index in [0.29, 0.717) is 0 Å². The van der Waals surface area contributed by atoms with Crippen LogP contribution in [0.5, 0.6) is 0 Å². The molecule has 1 aromatic heterocycles. The maximum atomic E-state index is 4.62. The predicted octanol–water partition coefficient (Wildman–Crippen LogP) is 2.93. The fourth-order valence-corrected chi connectivity index (χ4v) is 3.80. The first-order chi connectivity index (χ1) is 9.25. The van der Waals surface area contributed by atoms with Gasteiger partial charge in [-0.3, -0.25) is 0 Å². The molecular formula is C14H21N3S2. The van der Waals surface area contributed by atoms with E-state index in [1.807, 2.05) is 17.8 Å². The smallest absolute Gasteiger partial charge is 0.151 e. The van der Waals surface area contributed by atoms with Crippen LogP contribution in [0.3, 0.4) is 0 Å². The van der Waals surface area contributed by atoms with Crippen molar-refractivity contribution in [3.63, 3.8) is 0 Å². The molecule has 19 heavy (non-hydrogen) atoms. The Morgan fingerprint density at radius 2 is 2.11 bits per heavy atom. The van der Waals surface area contributed by atoms with E-state index in [2.05, 4.69) is 47.5 Å². The topological polar surface area (TPSA) is 28.2 Å². The van der Waals surface area contributed by atoms with Crippen molar-refractivity contribution in [2.45, 2.75) is 10.8 Å². The van der Waals surface area contributed by atoms with Crippen LogP contribution in [-0.4, -0.2) is 49.4 Å². The van der Waals surface area contributed by atoms with Gasteiger partial charge in [0.15, 0.2) is 4.34 Å². The van der Waals surface area contributed by atoms with Crippen molar-refractivity contribution in [2.24, 2.45) is 0 Å². The Morgan fingerprint density at radius 1 is 1.26 bits per heavy atom. The van der Waals surface area contributed by atoms with Gasteiger partial charge in [0.2, 0.25) is 0 Å². The standard InChI is InChI=1S/C14H21N3S2/c1-17(2)10-5-8-15-9-11-18-14-16-12-6-3-4-7-13(12)19-14/h3-4,6-7,15H,5,8-11H2,1-2H3. The molecule has 3 nitrogen and oxygen atoms in total. The number of thioether (sulfide) groups is 1. The molecule has 0 bridgehead atoms. The number of nitrogens with one attached hydrogen (secondary N) is 1. The summed E-state index contributed by atoms with van der Waals surface area (Å²) in [4.78, 5) is 6.84. The Kier molecular flexibility index (Phi) is 6.10. The number of hydrogen-bond acceptors (Lipinski definition) is 5. The largest absolute Gasteiger partial charge is 0.316 e. The minimum absolute atomic E-state index is 1.05. The van der Waals surface area contributed by atoms with Crippen molar-refractivity contribution in [3.05, 3.63) is 24.3 Å². The van der Waals surface area contributed by atoms with Crippen molar-refractivity contribution >= 4 is 33.3 Å². The molecule has 0 saturated heterocycles. The minimum Gasteiger partial charge on any atom is -0.316 e. The van der Waals surface area contributed by atoms with Crippen LogP contribution in [0.4, 0.5) is 0 Å². The molecule has 1 heterocycles. The molecule has 0 aliphatic heterocycles. The van der Waals surface area contributed by atoms with E-state index in [1.54, 1.807) is 11.3 Å². The molecule has 0 radical (unpaired) electrons. The van der Waals surface area contributed by atoms with Crippen LogP contribution in [0, 0.1) is 0 Å². The highest BCUT2D eigenvalue weighted by atomic mass is 32.2. The number of hydrogen-bond donors (Lipinski definition) is 1. The molecule has 5 heteroatoms. The van der Waals surface area contributed by atoms with E-state index in [1.165, 1.54) is 15.5 Å². The summed E-state index contributed by atoms with van der Waals surface area (Å²) < 4.78 is 2.46. The molecule has 0 atom stereocenters. The van der Waals surface area contributed by atoms with Gasteiger partial charge in [0.05, 0.1) is 10.2 Å². The fourth-order valence-electron chi connectivity index (χ4n) is 1.77. The van der Waals surface area contributed by atoms with Crippen molar-refractivity contribution in [1.29, 1.82) is 0 Å². The number of nitrogens with zero attached hydrogens (tertiary/aromatic N) is 2. The van der Waals surface area contributed by atoms with E-state index in [4.69, 9.17) is 0 Å². The maximum Gasteiger partial charge on any atom is 0.151 e.